The molecule has 0 aliphatic carbocycles. The van der Waals surface area contributed by atoms with E-state index in [2.05, 4.69) is 19.1 Å². The molecule has 0 radical (unpaired) electrons. The minimum atomic E-state index is 0. The second kappa shape index (κ2) is 21.8. The van der Waals surface area contributed by atoms with Crippen LogP contribution in [0.25, 0.3) is 0 Å². The molecule has 0 spiro atoms. The van der Waals surface area contributed by atoms with Crippen LogP contribution in [-0.2, 0) is 0 Å². The Morgan fingerprint density at radius 2 is 1.00 bits per heavy atom. The van der Waals surface area contributed by atoms with Crippen molar-refractivity contribution < 1.29 is 0 Å². The molecule has 2 N–H and O–H groups in total. The third-order valence-corrected chi connectivity index (χ3v) is 3.72. The van der Waals surface area contributed by atoms with Crippen LogP contribution in [-0.4, -0.2) is 30.2 Å². The number of allylic oxidation sites excluding steroid dienone is 2. The molecule has 0 saturated heterocycles. The Bertz CT molecular complexity index is 180. The Morgan fingerprint density at radius 3 is 1.45 bits per heavy atom. The van der Waals surface area contributed by atoms with Gasteiger partial charge in [-0.15, -0.1) is 0 Å². The first-order valence-electron chi connectivity index (χ1n) is 8.77. The monoisotopic (exact) mass is 399 g/mol. The topological polar surface area (TPSA) is 26.0 Å². The fourth-order valence-electron chi connectivity index (χ4n) is 2.39. The maximum absolute atomic E-state index is 5.47. The van der Waals surface area contributed by atoms with E-state index in [0.717, 1.165) is 6.54 Å². The first-order chi connectivity index (χ1) is 9.41. The van der Waals surface area contributed by atoms with E-state index in [1.807, 2.05) is 0 Å². The van der Waals surface area contributed by atoms with Crippen molar-refractivity contribution in [1.82, 2.24) is 0 Å². The molecule has 0 rings (SSSR count). The Kier molecular flexibility index (Phi) is 24.8. The van der Waals surface area contributed by atoms with Gasteiger partial charge in [0.1, 0.15) is 0 Å². The van der Waals surface area contributed by atoms with Crippen LogP contribution in [0.1, 0.15) is 96.8 Å². The second-order valence-electron chi connectivity index (χ2n) is 5.73. The summed E-state index contributed by atoms with van der Waals surface area (Å²) >= 11 is 0. The van der Waals surface area contributed by atoms with Crippen molar-refractivity contribution >= 4 is 23.7 Å². The van der Waals surface area contributed by atoms with Crippen molar-refractivity contribution in [2.24, 2.45) is 5.73 Å². The molecule has 122 valence electrons. The quantitative estimate of drug-likeness (QED) is 0.233. The summed E-state index contributed by atoms with van der Waals surface area (Å²) in [4.78, 5) is 0. The Hall–Kier alpha value is 0.490. The maximum atomic E-state index is 5.47. The van der Waals surface area contributed by atoms with Crippen LogP contribution in [0.3, 0.4) is 0 Å². The van der Waals surface area contributed by atoms with Crippen molar-refractivity contribution in [3.63, 3.8) is 0 Å². The molecule has 0 fully saturated rings. The molecule has 0 aliphatic rings. The fraction of sp³-hybridized carbons (Fsp3) is 0.889. The van der Waals surface area contributed by atoms with E-state index in [9.17, 15) is 0 Å². The van der Waals surface area contributed by atoms with E-state index < -0.39 is 0 Å². The molecule has 0 unspecified atom stereocenters. The zero-order valence-electron chi connectivity index (χ0n) is 13.8. The molecule has 0 aromatic rings. The van der Waals surface area contributed by atoms with Crippen LogP contribution < -0.4 is 5.73 Å². The van der Waals surface area contributed by atoms with Crippen LogP contribution in [0.5, 0.6) is 0 Å². The number of unbranched alkanes of at least 4 members (excludes halogenated alkanes) is 12. The first-order valence-corrected chi connectivity index (χ1v) is 8.77. The van der Waals surface area contributed by atoms with Crippen molar-refractivity contribution in [1.29, 1.82) is 0 Å². The molecule has 0 aliphatic heterocycles. The molecule has 0 aromatic heterocycles. The second-order valence-corrected chi connectivity index (χ2v) is 5.73. The minimum absolute atomic E-state index is 0. The molecule has 0 heterocycles. The van der Waals surface area contributed by atoms with Crippen LogP contribution in [0.2, 0.25) is 0 Å². The average Bonchev–Trinajstić information content (AvgIpc) is 2.43. The molecule has 0 saturated carbocycles. The molecular weight excluding hydrogens is 358 g/mol. The van der Waals surface area contributed by atoms with Gasteiger partial charge in [0.15, 0.2) is 0 Å². The number of nitrogens with two attached hydrogens (primary N) is 1. The van der Waals surface area contributed by atoms with E-state index in [1.54, 1.807) is 0 Å². The van der Waals surface area contributed by atoms with Crippen molar-refractivity contribution in [2.45, 2.75) is 96.8 Å². The fourth-order valence-corrected chi connectivity index (χ4v) is 2.39. The van der Waals surface area contributed by atoms with Gasteiger partial charge in [0.05, 0.1) is 0 Å². The van der Waals surface area contributed by atoms with Gasteiger partial charge in [-0.1, -0.05) is 76.9 Å². The summed E-state index contributed by atoms with van der Waals surface area (Å²) in [5.74, 6) is 0. The van der Waals surface area contributed by atoms with Crippen LogP contribution in [0.4, 0.5) is 0 Å². The van der Waals surface area contributed by atoms with Gasteiger partial charge in [-0.3, -0.25) is 0 Å². The van der Waals surface area contributed by atoms with Crippen LogP contribution in [0, 0.1) is 0 Å². The zero-order chi connectivity index (χ0) is 14.0. The van der Waals surface area contributed by atoms with Gasteiger partial charge in [0.2, 0.25) is 0 Å². The average molecular weight is 397 g/mol. The normalized spacial score (nSPS) is 10.9. The Morgan fingerprint density at radius 1 is 0.600 bits per heavy atom. The third kappa shape index (κ3) is 20.8. The molecule has 1 nitrogen and oxygen atoms in total. The van der Waals surface area contributed by atoms with Crippen molar-refractivity contribution in [3.05, 3.63) is 12.2 Å². The molecule has 0 aromatic carbocycles. The number of hydrogen-bond donors (Lipinski definition) is 1. The van der Waals surface area contributed by atoms with Gasteiger partial charge in [0, 0.05) is 0 Å². The van der Waals surface area contributed by atoms with Crippen molar-refractivity contribution in [3.8, 4) is 0 Å². The van der Waals surface area contributed by atoms with E-state index in [4.69, 9.17) is 5.73 Å². The van der Waals surface area contributed by atoms with Gasteiger partial charge in [-0.2, -0.15) is 0 Å². The van der Waals surface area contributed by atoms with Crippen molar-refractivity contribution in [2.75, 3.05) is 6.54 Å². The van der Waals surface area contributed by atoms with Gasteiger partial charge < -0.3 is 5.73 Å². The Balaban J connectivity index is 0. The van der Waals surface area contributed by atoms with Crippen LogP contribution >= 0.6 is 0 Å². The summed E-state index contributed by atoms with van der Waals surface area (Å²) in [5, 5.41) is 0. The molecule has 0 bridgehead atoms. The molecule has 2 heteroatoms. The van der Waals surface area contributed by atoms with E-state index in [0.29, 0.717) is 0 Å². The number of rotatable bonds is 15. The van der Waals surface area contributed by atoms with Gasteiger partial charge in [-0.05, 0) is 38.6 Å². The summed E-state index contributed by atoms with van der Waals surface area (Å²) in [6.45, 7) is 3.14. The van der Waals surface area contributed by atoms with Gasteiger partial charge >= 0.3 is 23.7 Å². The molecule has 0 atom stereocenters. The van der Waals surface area contributed by atoms with Crippen LogP contribution in [0.15, 0.2) is 12.2 Å². The standard InChI is InChI=1S/C18H37N.H2Te/c1-2-3-4-5-6-7-8-9-10-11-12-13-14-15-16-17-18-19;/h9-10H,2-8,11-19H2,1H3;1H2/b10-9-;. The predicted molar refractivity (Wildman–Crippen MR) is 97.1 cm³/mol. The molecule has 0 amide bonds. The third-order valence-electron chi connectivity index (χ3n) is 3.72. The molecule has 20 heavy (non-hydrogen) atoms. The Labute approximate surface area is 144 Å². The summed E-state index contributed by atoms with van der Waals surface area (Å²) in [7, 11) is 0. The summed E-state index contributed by atoms with van der Waals surface area (Å²) in [6.07, 6.45) is 23.9. The molecular formula is C18H39NTe. The first kappa shape index (κ1) is 22.8. The van der Waals surface area contributed by atoms with Gasteiger partial charge in [0.25, 0.3) is 0 Å². The zero-order valence-corrected chi connectivity index (χ0v) is 16.7. The van der Waals surface area contributed by atoms with E-state index >= 15 is 0 Å². The van der Waals surface area contributed by atoms with E-state index in [1.165, 1.54) is 89.9 Å². The SMILES string of the molecule is CCCCCCCC/C=C\CCCCCCCCN.[TeH2]. The van der Waals surface area contributed by atoms with E-state index in [-0.39, 0.29) is 23.7 Å². The number of hydrogen-bond acceptors (Lipinski definition) is 1. The van der Waals surface area contributed by atoms with Gasteiger partial charge in [-0.25, -0.2) is 0 Å². The summed E-state index contributed by atoms with van der Waals surface area (Å²) in [5.41, 5.74) is 5.47. The summed E-state index contributed by atoms with van der Waals surface area (Å²) in [6, 6.07) is 0. The summed E-state index contributed by atoms with van der Waals surface area (Å²) < 4.78 is 0. The predicted octanol–water partition coefficient (Wildman–Crippen LogP) is 5.07.